The molecule has 0 amide bonds. The third-order valence-corrected chi connectivity index (χ3v) is 8.95. The highest BCUT2D eigenvalue weighted by Crippen LogP contribution is 2.50. The van der Waals surface area contributed by atoms with E-state index in [-0.39, 0.29) is 11.2 Å². The van der Waals surface area contributed by atoms with Crippen molar-refractivity contribution >= 4 is 17.6 Å². The molecule has 0 unspecified atom stereocenters. The van der Waals surface area contributed by atoms with Gasteiger partial charge in [0.15, 0.2) is 0 Å². The van der Waals surface area contributed by atoms with E-state index >= 15 is 0 Å². The first kappa shape index (κ1) is 31.6. The molecule has 6 rings (SSSR count). The predicted octanol–water partition coefficient (Wildman–Crippen LogP) is 10.6. The molecule has 0 saturated carbocycles. The van der Waals surface area contributed by atoms with Crippen LogP contribution in [0, 0.1) is 0 Å². The maximum atomic E-state index is 12.5. The molecular weight excluding hydrogens is 572 g/mol. The summed E-state index contributed by atoms with van der Waals surface area (Å²) >= 11 is 0. The first-order valence-electron chi connectivity index (χ1n) is 16.2. The second-order valence-corrected chi connectivity index (χ2v) is 13.2. The predicted molar refractivity (Wildman–Crippen MR) is 199 cm³/mol. The number of benzene rings is 6. The van der Waals surface area contributed by atoms with Crippen LogP contribution >= 0.6 is 0 Å². The normalized spacial score (nSPS) is 11.9. The van der Waals surface area contributed by atoms with Gasteiger partial charge in [0.25, 0.3) is 0 Å². The Morgan fingerprint density at radius 1 is 0.553 bits per heavy atom. The van der Waals surface area contributed by atoms with Crippen molar-refractivity contribution in [3.63, 3.8) is 0 Å². The Balaban J connectivity index is 1.63. The fraction of sp³-hybridized carbons (Fsp3) is 0.159. The standard InChI is InChI=1S/C44H42N2O/c1-43(2,3)36-29-32(31-45-40-27-17-15-25-37(40)38-26-16-18-28-41(38)46(4)5)42(47)39(30-36)44(33-19-9-6-10-20-33,34-21-11-7-12-22-34)35-23-13-8-14-24-35/h6-31,47H,1-5H3. The molecule has 47 heavy (non-hydrogen) atoms. The number of aliphatic imine (C=N–C) groups is 1. The Bertz CT molecular complexity index is 1890. The zero-order valence-electron chi connectivity index (χ0n) is 27.9. The van der Waals surface area contributed by atoms with Crippen LogP contribution in [0.15, 0.2) is 157 Å². The van der Waals surface area contributed by atoms with Crippen LogP contribution in [0.5, 0.6) is 5.75 Å². The molecule has 0 aliphatic rings. The number of anilines is 1. The Kier molecular flexibility index (Phi) is 8.82. The average Bonchev–Trinajstić information content (AvgIpc) is 3.10. The highest BCUT2D eigenvalue weighted by Gasteiger charge is 2.41. The summed E-state index contributed by atoms with van der Waals surface area (Å²) in [6.07, 6.45) is 1.83. The van der Waals surface area contributed by atoms with Crippen LogP contribution in [0.25, 0.3) is 11.1 Å². The highest BCUT2D eigenvalue weighted by molar-refractivity contribution is 5.91. The minimum absolute atomic E-state index is 0.191. The van der Waals surface area contributed by atoms with Gasteiger partial charge in [-0.2, -0.15) is 0 Å². The summed E-state index contributed by atoms with van der Waals surface area (Å²) in [5.74, 6) is 0.212. The number of para-hydroxylation sites is 2. The van der Waals surface area contributed by atoms with Gasteiger partial charge in [0.1, 0.15) is 5.75 Å². The fourth-order valence-corrected chi connectivity index (χ4v) is 6.55. The lowest BCUT2D eigenvalue weighted by molar-refractivity contribution is 0.458. The van der Waals surface area contributed by atoms with Gasteiger partial charge in [0.2, 0.25) is 0 Å². The number of phenolic OH excluding ortho intramolecular Hbond substituents is 1. The molecule has 0 aliphatic heterocycles. The van der Waals surface area contributed by atoms with Gasteiger partial charge >= 0.3 is 0 Å². The molecule has 3 nitrogen and oxygen atoms in total. The third-order valence-electron chi connectivity index (χ3n) is 8.95. The first-order chi connectivity index (χ1) is 22.7. The number of rotatable bonds is 8. The lowest BCUT2D eigenvalue weighted by atomic mass is 9.64. The molecule has 0 atom stereocenters. The zero-order chi connectivity index (χ0) is 33.0. The van der Waals surface area contributed by atoms with Gasteiger partial charge in [-0.05, 0) is 51.9 Å². The molecule has 0 aromatic heterocycles. The molecule has 6 aromatic carbocycles. The van der Waals surface area contributed by atoms with Crippen LogP contribution in [0.4, 0.5) is 11.4 Å². The van der Waals surface area contributed by atoms with Gasteiger partial charge in [-0.1, -0.05) is 148 Å². The summed E-state index contributed by atoms with van der Waals surface area (Å²) in [6.45, 7) is 6.65. The van der Waals surface area contributed by atoms with E-state index in [2.05, 4.69) is 155 Å². The van der Waals surface area contributed by atoms with E-state index in [1.165, 1.54) is 0 Å². The summed E-state index contributed by atoms with van der Waals surface area (Å²) < 4.78 is 0. The monoisotopic (exact) mass is 614 g/mol. The lowest BCUT2D eigenvalue weighted by Gasteiger charge is -2.38. The molecule has 1 N–H and O–H groups in total. The fourth-order valence-electron chi connectivity index (χ4n) is 6.55. The van der Waals surface area contributed by atoms with Crippen molar-refractivity contribution in [2.45, 2.75) is 31.6 Å². The largest absolute Gasteiger partial charge is 0.507 e. The van der Waals surface area contributed by atoms with E-state index in [0.717, 1.165) is 50.3 Å². The van der Waals surface area contributed by atoms with Crippen molar-refractivity contribution in [3.05, 3.63) is 185 Å². The van der Waals surface area contributed by atoms with E-state index in [9.17, 15) is 5.11 Å². The zero-order valence-corrected chi connectivity index (χ0v) is 27.9. The number of nitrogens with zero attached hydrogens (tertiary/aromatic N) is 2. The van der Waals surface area contributed by atoms with E-state index in [0.29, 0.717) is 5.56 Å². The molecule has 0 aliphatic carbocycles. The van der Waals surface area contributed by atoms with Crippen LogP contribution in [0.1, 0.15) is 54.2 Å². The van der Waals surface area contributed by atoms with Crippen molar-refractivity contribution in [3.8, 4) is 16.9 Å². The second-order valence-electron chi connectivity index (χ2n) is 13.2. The van der Waals surface area contributed by atoms with Crippen molar-refractivity contribution < 1.29 is 5.11 Å². The van der Waals surface area contributed by atoms with Crippen LogP contribution in [0.3, 0.4) is 0 Å². The summed E-state index contributed by atoms with van der Waals surface area (Å²) in [4.78, 5) is 7.20. The minimum Gasteiger partial charge on any atom is -0.507 e. The van der Waals surface area contributed by atoms with Crippen LogP contribution in [-0.4, -0.2) is 25.4 Å². The van der Waals surface area contributed by atoms with Gasteiger partial charge in [-0.15, -0.1) is 0 Å². The highest BCUT2D eigenvalue weighted by atomic mass is 16.3. The topological polar surface area (TPSA) is 35.8 Å². The summed E-state index contributed by atoms with van der Waals surface area (Å²) in [6, 6.07) is 52.4. The molecule has 6 aromatic rings. The molecule has 0 heterocycles. The maximum Gasteiger partial charge on any atom is 0.129 e. The summed E-state index contributed by atoms with van der Waals surface area (Å²) in [7, 11) is 4.11. The molecule has 234 valence electrons. The van der Waals surface area contributed by atoms with Gasteiger partial charge in [0.05, 0.1) is 11.1 Å². The van der Waals surface area contributed by atoms with E-state index in [4.69, 9.17) is 4.99 Å². The molecule has 0 saturated heterocycles. The van der Waals surface area contributed by atoms with Crippen LogP contribution < -0.4 is 4.90 Å². The van der Waals surface area contributed by atoms with Crippen molar-refractivity contribution in [1.82, 2.24) is 0 Å². The first-order valence-corrected chi connectivity index (χ1v) is 16.2. The van der Waals surface area contributed by atoms with E-state index in [1.807, 2.05) is 42.6 Å². The Morgan fingerprint density at radius 2 is 1.02 bits per heavy atom. The van der Waals surface area contributed by atoms with Gasteiger partial charge in [-0.3, -0.25) is 4.99 Å². The number of phenols is 1. The third kappa shape index (κ3) is 6.09. The quantitative estimate of drug-likeness (QED) is 0.137. The summed E-state index contributed by atoms with van der Waals surface area (Å²) in [5, 5.41) is 12.5. The van der Waals surface area contributed by atoms with Crippen LogP contribution in [-0.2, 0) is 10.8 Å². The summed E-state index contributed by atoms with van der Waals surface area (Å²) in [5.41, 5.74) is 8.96. The second kappa shape index (κ2) is 13.1. The van der Waals surface area contributed by atoms with Gasteiger partial charge in [-0.25, -0.2) is 0 Å². The maximum absolute atomic E-state index is 12.5. The smallest absolute Gasteiger partial charge is 0.129 e. The van der Waals surface area contributed by atoms with Crippen LogP contribution in [0.2, 0.25) is 0 Å². The Morgan fingerprint density at radius 3 is 1.53 bits per heavy atom. The van der Waals surface area contributed by atoms with Crippen molar-refractivity contribution in [2.24, 2.45) is 4.99 Å². The number of hydrogen-bond donors (Lipinski definition) is 1. The average molecular weight is 615 g/mol. The SMILES string of the molecule is CN(C)c1ccccc1-c1ccccc1N=Cc1cc(C(C)(C)C)cc(C(c2ccccc2)(c2ccccc2)c2ccccc2)c1O. The Labute approximate surface area is 279 Å². The van der Waals surface area contributed by atoms with Crippen molar-refractivity contribution in [2.75, 3.05) is 19.0 Å². The van der Waals surface area contributed by atoms with Gasteiger partial charge < -0.3 is 10.0 Å². The van der Waals surface area contributed by atoms with E-state index < -0.39 is 5.41 Å². The molecule has 0 spiro atoms. The molecule has 0 fully saturated rings. The minimum atomic E-state index is -0.791. The van der Waals surface area contributed by atoms with Crippen molar-refractivity contribution in [1.29, 1.82) is 0 Å². The number of aromatic hydroxyl groups is 1. The molecule has 0 radical (unpaired) electrons. The Hall–Kier alpha value is -5.41. The molecule has 3 heteroatoms. The lowest BCUT2D eigenvalue weighted by Crippen LogP contribution is -2.32. The molecular formula is C44H42N2O. The number of hydrogen-bond acceptors (Lipinski definition) is 3. The molecule has 0 bridgehead atoms. The van der Waals surface area contributed by atoms with Gasteiger partial charge in [0, 0.05) is 48.3 Å². The van der Waals surface area contributed by atoms with E-state index in [1.54, 1.807) is 0 Å².